The average molecular weight is 389 g/mol. The van der Waals surface area contributed by atoms with E-state index in [1.54, 1.807) is 22.4 Å². The fraction of sp³-hybridized carbons (Fsp3) is 0.316. The molecule has 0 saturated carbocycles. The lowest BCUT2D eigenvalue weighted by molar-refractivity contribution is 0.356. The number of aryl methyl sites for hydroxylation is 1. The Kier molecular flexibility index (Phi) is 4.26. The number of benzene rings is 1. The number of hydrogen-bond acceptors (Lipinski definition) is 3. The van der Waals surface area contributed by atoms with Crippen LogP contribution in [0.2, 0.25) is 5.15 Å². The number of allylic oxidation sites excluding steroid dienone is 1. The Bertz CT molecular complexity index is 1210. The molecule has 0 amide bonds. The van der Waals surface area contributed by atoms with E-state index in [1.165, 1.54) is 16.7 Å². The third-order valence-electron chi connectivity index (χ3n) is 4.94. The van der Waals surface area contributed by atoms with Gasteiger partial charge in [-0.3, -0.25) is 14.3 Å². The highest BCUT2D eigenvalue weighted by Gasteiger charge is 2.25. The van der Waals surface area contributed by atoms with E-state index in [-0.39, 0.29) is 39.6 Å². The molecular weight excluding hydrogens is 371 g/mol. The molecule has 4 rings (SSSR count). The van der Waals surface area contributed by atoms with E-state index in [9.17, 15) is 14.0 Å². The van der Waals surface area contributed by atoms with E-state index in [0.717, 1.165) is 12.8 Å². The number of halogens is 2. The first-order chi connectivity index (χ1) is 12.9. The van der Waals surface area contributed by atoms with Crippen molar-refractivity contribution in [2.75, 3.05) is 0 Å². The summed E-state index contributed by atoms with van der Waals surface area (Å²) in [6.07, 6.45) is 3.37. The van der Waals surface area contributed by atoms with Gasteiger partial charge in [0.15, 0.2) is 0 Å². The summed E-state index contributed by atoms with van der Waals surface area (Å²) in [6.45, 7) is 6.67. The van der Waals surface area contributed by atoms with Crippen molar-refractivity contribution in [3.05, 3.63) is 62.2 Å². The highest BCUT2D eigenvalue weighted by molar-refractivity contribution is 6.32. The van der Waals surface area contributed by atoms with Gasteiger partial charge in [0.25, 0.3) is 11.1 Å². The average Bonchev–Trinajstić information content (AvgIpc) is 2.90. The van der Waals surface area contributed by atoms with E-state index in [0.29, 0.717) is 24.1 Å². The molecule has 0 saturated heterocycles. The summed E-state index contributed by atoms with van der Waals surface area (Å²) in [6, 6.07) is 2.73. The predicted molar refractivity (Wildman–Crippen MR) is 103 cm³/mol. The standard InChI is InChI=1S/C19H18ClFN4O2/c1-3-6-23-15-9-12(13(21)10-14(15)22-11(2)18(23)26)16-17(20)24-7-4-5-8-25(24)19(16)27/h3,9-10H,1,4-8H2,2H3. The van der Waals surface area contributed by atoms with Crippen molar-refractivity contribution < 1.29 is 4.39 Å². The summed E-state index contributed by atoms with van der Waals surface area (Å²) in [5.74, 6) is -0.597. The maximum absolute atomic E-state index is 14.9. The third kappa shape index (κ3) is 2.65. The van der Waals surface area contributed by atoms with Crippen molar-refractivity contribution >= 4 is 22.6 Å². The molecule has 0 atom stereocenters. The Morgan fingerprint density at radius 2 is 1.93 bits per heavy atom. The summed E-state index contributed by atoms with van der Waals surface area (Å²) in [5, 5.41) is 0.218. The molecule has 140 valence electrons. The number of hydrogen-bond donors (Lipinski definition) is 0. The number of rotatable bonds is 3. The monoisotopic (exact) mass is 388 g/mol. The summed E-state index contributed by atoms with van der Waals surface area (Å²) < 4.78 is 19.6. The molecule has 6 nitrogen and oxygen atoms in total. The lowest BCUT2D eigenvalue weighted by Crippen LogP contribution is -2.27. The van der Waals surface area contributed by atoms with Crippen LogP contribution in [0.15, 0.2) is 34.4 Å². The van der Waals surface area contributed by atoms with E-state index >= 15 is 0 Å². The minimum absolute atomic E-state index is 0.0785. The van der Waals surface area contributed by atoms with E-state index in [1.807, 2.05) is 0 Å². The molecule has 8 heteroatoms. The quantitative estimate of drug-likeness (QED) is 0.648. The van der Waals surface area contributed by atoms with Gasteiger partial charge in [0.2, 0.25) is 0 Å². The molecule has 0 radical (unpaired) electrons. The van der Waals surface area contributed by atoms with Crippen LogP contribution in [0.5, 0.6) is 0 Å². The molecule has 1 aromatic carbocycles. The van der Waals surface area contributed by atoms with Gasteiger partial charge in [0, 0.05) is 31.3 Å². The molecule has 1 aliphatic rings. The van der Waals surface area contributed by atoms with Crippen LogP contribution >= 0.6 is 11.6 Å². The molecular formula is C19H18ClFN4O2. The Morgan fingerprint density at radius 1 is 1.22 bits per heavy atom. The van der Waals surface area contributed by atoms with Crippen molar-refractivity contribution in [3.8, 4) is 11.1 Å². The second-order valence-corrected chi connectivity index (χ2v) is 7.00. The molecule has 0 fully saturated rings. The zero-order valence-corrected chi connectivity index (χ0v) is 15.6. The maximum Gasteiger partial charge on any atom is 0.276 e. The van der Waals surface area contributed by atoms with E-state index in [2.05, 4.69) is 11.6 Å². The van der Waals surface area contributed by atoms with Gasteiger partial charge in [-0.2, -0.15) is 0 Å². The summed E-state index contributed by atoms with van der Waals surface area (Å²) in [4.78, 5) is 29.5. The van der Waals surface area contributed by atoms with Crippen molar-refractivity contribution in [1.29, 1.82) is 0 Å². The van der Waals surface area contributed by atoms with Crippen LogP contribution in [0.1, 0.15) is 18.5 Å². The number of aromatic nitrogens is 4. The Labute approximate surface area is 159 Å². The Hall–Kier alpha value is -2.67. The van der Waals surface area contributed by atoms with Crippen LogP contribution in [-0.4, -0.2) is 18.9 Å². The first kappa shape index (κ1) is 17.7. The van der Waals surface area contributed by atoms with E-state index < -0.39 is 5.82 Å². The van der Waals surface area contributed by atoms with E-state index in [4.69, 9.17) is 11.6 Å². The normalized spacial score (nSPS) is 13.7. The largest absolute Gasteiger partial charge is 0.301 e. The number of fused-ring (bicyclic) bond motifs is 2. The molecule has 0 bridgehead atoms. The Balaban J connectivity index is 2.06. The van der Waals surface area contributed by atoms with Crippen LogP contribution in [0.4, 0.5) is 4.39 Å². The highest BCUT2D eigenvalue weighted by atomic mass is 35.5. The topological polar surface area (TPSA) is 61.8 Å². The fourth-order valence-electron chi connectivity index (χ4n) is 3.64. The Morgan fingerprint density at radius 3 is 2.59 bits per heavy atom. The molecule has 0 unspecified atom stereocenters. The molecule has 0 N–H and O–H groups in total. The minimum atomic E-state index is -0.597. The lowest BCUT2D eigenvalue weighted by Gasteiger charge is -2.17. The van der Waals surface area contributed by atoms with Crippen LogP contribution in [-0.2, 0) is 19.6 Å². The first-order valence-electron chi connectivity index (χ1n) is 8.75. The molecule has 1 aliphatic heterocycles. The zero-order valence-electron chi connectivity index (χ0n) is 14.8. The van der Waals surface area contributed by atoms with Crippen LogP contribution in [0.3, 0.4) is 0 Å². The van der Waals surface area contributed by atoms with Crippen LogP contribution < -0.4 is 11.1 Å². The van der Waals surface area contributed by atoms with Crippen LogP contribution in [0, 0.1) is 12.7 Å². The highest BCUT2D eigenvalue weighted by Crippen LogP contribution is 2.31. The summed E-state index contributed by atoms with van der Waals surface area (Å²) in [5.41, 5.74) is 0.649. The van der Waals surface area contributed by atoms with Gasteiger partial charge in [0.05, 0.1) is 16.6 Å². The van der Waals surface area contributed by atoms with Gasteiger partial charge in [-0.05, 0) is 25.8 Å². The summed E-state index contributed by atoms with van der Waals surface area (Å²) >= 11 is 6.44. The van der Waals surface area contributed by atoms with Crippen molar-refractivity contribution in [3.63, 3.8) is 0 Å². The molecule has 3 heterocycles. The predicted octanol–water partition coefficient (Wildman–Crippen LogP) is 3.11. The first-order valence-corrected chi connectivity index (χ1v) is 9.13. The van der Waals surface area contributed by atoms with Gasteiger partial charge in [-0.1, -0.05) is 17.7 Å². The zero-order chi connectivity index (χ0) is 19.3. The SMILES string of the molecule is C=CCn1c(=O)c(C)nc2cc(F)c(-c3c(Cl)n4n(c3=O)CCCC4)cc21. The van der Waals surface area contributed by atoms with Gasteiger partial charge in [-0.25, -0.2) is 14.1 Å². The number of nitrogens with zero attached hydrogens (tertiary/aromatic N) is 4. The lowest BCUT2D eigenvalue weighted by atomic mass is 10.1. The molecule has 27 heavy (non-hydrogen) atoms. The van der Waals surface area contributed by atoms with Crippen LogP contribution in [0.25, 0.3) is 22.2 Å². The molecule has 2 aromatic heterocycles. The molecule has 0 spiro atoms. The second-order valence-electron chi connectivity index (χ2n) is 6.65. The van der Waals surface area contributed by atoms with Gasteiger partial charge >= 0.3 is 0 Å². The van der Waals surface area contributed by atoms with Crippen molar-refractivity contribution in [1.82, 2.24) is 18.9 Å². The van der Waals surface area contributed by atoms with Crippen molar-refractivity contribution in [2.45, 2.75) is 39.4 Å². The maximum atomic E-state index is 14.9. The van der Waals surface area contributed by atoms with Crippen molar-refractivity contribution in [2.24, 2.45) is 0 Å². The summed E-state index contributed by atoms with van der Waals surface area (Å²) in [7, 11) is 0. The second kappa shape index (κ2) is 6.49. The molecule has 0 aliphatic carbocycles. The van der Waals surface area contributed by atoms with Gasteiger partial charge in [-0.15, -0.1) is 6.58 Å². The fourth-order valence-corrected chi connectivity index (χ4v) is 4.00. The van der Waals surface area contributed by atoms with Gasteiger partial charge < -0.3 is 4.57 Å². The molecule has 3 aromatic rings. The smallest absolute Gasteiger partial charge is 0.276 e. The minimum Gasteiger partial charge on any atom is -0.301 e. The third-order valence-corrected chi connectivity index (χ3v) is 5.33. The van der Waals surface area contributed by atoms with Gasteiger partial charge in [0.1, 0.15) is 16.7 Å².